The van der Waals surface area contributed by atoms with Crippen molar-refractivity contribution in [1.29, 1.82) is 0 Å². The highest BCUT2D eigenvalue weighted by Crippen LogP contribution is 2.56. The molecule has 0 spiro atoms. The summed E-state index contributed by atoms with van der Waals surface area (Å²) in [6, 6.07) is 97.7. The third-order valence-corrected chi connectivity index (χ3v) is 17.8. The molecule has 0 amide bonds. The molecule has 1 unspecified atom stereocenters. The van der Waals surface area contributed by atoms with Crippen LogP contribution in [0.2, 0.25) is 0 Å². The molecule has 1 atom stereocenters. The number of rotatable bonds is 18. The second-order valence-corrected chi connectivity index (χ2v) is 24.0. The van der Waals surface area contributed by atoms with Crippen molar-refractivity contribution in [3.8, 4) is 50.2 Å². The van der Waals surface area contributed by atoms with Gasteiger partial charge in [-0.2, -0.15) is 0 Å². The minimum atomic E-state index is -0.312. The van der Waals surface area contributed by atoms with Crippen LogP contribution in [0.4, 0.5) is 17.1 Å². The predicted octanol–water partition coefficient (Wildman–Crippen LogP) is 22.7. The van der Waals surface area contributed by atoms with Crippen molar-refractivity contribution >= 4 is 51.0 Å². The number of benzene rings is 11. The molecular formula is C82H72N2. The van der Waals surface area contributed by atoms with E-state index in [0.29, 0.717) is 0 Å². The van der Waals surface area contributed by atoms with Gasteiger partial charge in [0.2, 0.25) is 0 Å². The molecule has 0 aliphatic heterocycles. The maximum absolute atomic E-state index is 3.98. The van der Waals surface area contributed by atoms with Crippen molar-refractivity contribution in [3.63, 3.8) is 0 Å². The highest BCUT2D eigenvalue weighted by molar-refractivity contribution is 6.11. The molecule has 84 heavy (non-hydrogen) atoms. The smallest absolute Gasteiger partial charge is 0.0541 e. The van der Waals surface area contributed by atoms with Gasteiger partial charge in [-0.15, -0.1) is 0 Å². The zero-order valence-electron chi connectivity index (χ0n) is 48.7. The third kappa shape index (κ3) is 10.3. The lowest BCUT2D eigenvalue weighted by atomic mass is 9.69. The topological polar surface area (TPSA) is 8.17 Å². The fraction of sp³-hybridized carbons (Fsp3) is 0.146. The van der Waals surface area contributed by atoms with Crippen molar-refractivity contribution in [2.75, 3.05) is 4.90 Å². The largest absolute Gasteiger partial charge is 0.310 e. The number of anilines is 3. The maximum Gasteiger partial charge on any atom is 0.0541 e. The molecule has 1 aliphatic rings. The molecule has 1 aliphatic carbocycles. The zero-order chi connectivity index (χ0) is 57.2. The summed E-state index contributed by atoms with van der Waals surface area (Å²) < 4.78 is 2.40. The highest BCUT2D eigenvalue weighted by Gasteiger charge is 2.44. The molecule has 0 saturated heterocycles. The molecule has 0 bridgehead atoms. The van der Waals surface area contributed by atoms with Gasteiger partial charge in [-0.3, -0.25) is 0 Å². The Bertz CT molecular complexity index is 4290. The number of nitrogens with zero attached hydrogens (tertiary/aromatic N) is 2. The van der Waals surface area contributed by atoms with E-state index in [0.717, 1.165) is 47.6 Å². The number of hydrogen-bond donors (Lipinski definition) is 0. The Morgan fingerprint density at radius 1 is 0.405 bits per heavy atom. The molecule has 0 fully saturated rings. The summed E-state index contributed by atoms with van der Waals surface area (Å²) in [6.45, 7) is 14.7. The summed E-state index contributed by atoms with van der Waals surface area (Å²) in [7, 11) is 0. The van der Waals surface area contributed by atoms with Crippen LogP contribution in [-0.2, 0) is 17.3 Å². The van der Waals surface area contributed by atoms with Crippen LogP contribution in [0.5, 0.6) is 0 Å². The summed E-state index contributed by atoms with van der Waals surface area (Å²) in [6.07, 6.45) is 12.0. The van der Waals surface area contributed by atoms with Gasteiger partial charge >= 0.3 is 0 Å². The number of aryl methyl sites for hydroxylation is 1. The quantitative estimate of drug-likeness (QED) is 0.0778. The summed E-state index contributed by atoms with van der Waals surface area (Å²) in [5.74, 6) is 0. The molecule has 0 saturated carbocycles. The SMILES string of the molecule is C=Cc1ccc(CCCCCCCC2(c3ccccc3)c3ccccc3-c3ccc(N(c4ccc(-c5ccc(C(C)(C)C)cc5)cc4)c4ccc(-c5ccc6c(c5)c5cc(-c7ccc(C=C)cc7)ccc5n6-c5ccccc5)cc4)cc32)cc1. The molecule has 1 aromatic heterocycles. The van der Waals surface area contributed by atoms with E-state index in [1.54, 1.807) is 0 Å². The highest BCUT2D eigenvalue weighted by atomic mass is 15.1. The van der Waals surface area contributed by atoms with Crippen LogP contribution in [0.15, 0.2) is 274 Å². The first-order chi connectivity index (χ1) is 41.2. The molecule has 410 valence electrons. The zero-order valence-corrected chi connectivity index (χ0v) is 48.7. The fourth-order valence-corrected chi connectivity index (χ4v) is 13.3. The van der Waals surface area contributed by atoms with E-state index >= 15 is 0 Å². The second kappa shape index (κ2) is 23.0. The first kappa shape index (κ1) is 53.8. The Hall–Kier alpha value is -9.50. The van der Waals surface area contributed by atoms with Crippen LogP contribution in [0.25, 0.3) is 84.2 Å². The minimum Gasteiger partial charge on any atom is -0.310 e. The third-order valence-electron chi connectivity index (χ3n) is 17.8. The van der Waals surface area contributed by atoms with Gasteiger partial charge in [-0.05, 0) is 181 Å². The minimum absolute atomic E-state index is 0.0896. The van der Waals surface area contributed by atoms with Crippen LogP contribution in [0.3, 0.4) is 0 Å². The molecule has 11 aromatic carbocycles. The Kier molecular flexibility index (Phi) is 14.8. The summed E-state index contributed by atoms with van der Waals surface area (Å²) >= 11 is 0. The van der Waals surface area contributed by atoms with E-state index in [-0.39, 0.29) is 10.8 Å². The van der Waals surface area contributed by atoms with E-state index in [1.165, 1.54) is 125 Å². The van der Waals surface area contributed by atoms with Crippen molar-refractivity contribution in [2.24, 2.45) is 0 Å². The average Bonchev–Trinajstić information content (AvgIpc) is 2.11. The van der Waals surface area contributed by atoms with Gasteiger partial charge in [0.1, 0.15) is 0 Å². The normalized spacial score (nSPS) is 13.7. The van der Waals surface area contributed by atoms with Crippen LogP contribution in [0, 0.1) is 0 Å². The number of hydrogen-bond acceptors (Lipinski definition) is 1. The standard InChI is InChI=1S/C82H72N2/c1-6-58-28-30-60(31-29-58)21-13-9-8-10-20-54-82(68-22-14-11-15-23-68)77-27-19-18-26-73(77)74-51-50-72(57-78(74)82)83(70-46-38-62(39-47-70)61-36-44-67(45-37-61)81(3,4)5)71-48-40-64(41-49-71)66-43-53-80-76(56-66)75-55-65(63-34-32-59(7-2)33-35-63)42-52-79(75)84(80)69-24-16-12-17-25-69/h6-7,11-12,14-19,22-53,55-57H,1-2,8-10,13,20-21,54H2,3-5H3. The lowest BCUT2D eigenvalue weighted by Gasteiger charge is -2.34. The summed E-state index contributed by atoms with van der Waals surface area (Å²) in [5.41, 5.74) is 25.6. The first-order valence-corrected chi connectivity index (χ1v) is 30.2. The fourth-order valence-electron chi connectivity index (χ4n) is 13.3. The van der Waals surface area contributed by atoms with Crippen LogP contribution >= 0.6 is 0 Å². The van der Waals surface area contributed by atoms with Crippen LogP contribution in [-0.4, -0.2) is 4.57 Å². The van der Waals surface area contributed by atoms with Gasteiger partial charge in [0.05, 0.1) is 11.0 Å². The van der Waals surface area contributed by atoms with Crippen molar-refractivity contribution in [2.45, 2.75) is 76.5 Å². The van der Waals surface area contributed by atoms with Gasteiger partial charge in [-0.25, -0.2) is 0 Å². The van der Waals surface area contributed by atoms with E-state index in [9.17, 15) is 0 Å². The maximum atomic E-state index is 3.98. The Balaban J connectivity index is 0.880. The van der Waals surface area contributed by atoms with E-state index in [1.807, 2.05) is 12.2 Å². The van der Waals surface area contributed by atoms with Crippen molar-refractivity contribution in [1.82, 2.24) is 4.57 Å². The van der Waals surface area contributed by atoms with E-state index in [2.05, 4.69) is 304 Å². The monoisotopic (exact) mass is 1080 g/mol. The van der Waals surface area contributed by atoms with Gasteiger partial charge in [0.25, 0.3) is 0 Å². The Morgan fingerprint density at radius 3 is 1.45 bits per heavy atom. The van der Waals surface area contributed by atoms with Crippen molar-refractivity contribution in [3.05, 3.63) is 313 Å². The summed E-state index contributed by atoms with van der Waals surface area (Å²) in [5, 5.41) is 2.45. The van der Waals surface area contributed by atoms with Crippen molar-refractivity contribution < 1.29 is 0 Å². The molecule has 13 rings (SSSR count). The van der Waals surface area contributed by atoms with Gasteiger partial charge < -0.3 is 9.47 Å². The summed E-state index contributed by atoms with van der Waals surface area (Å²) in [4.78, 5) is 2.47. The Morgan fingerprint density at radius 2 is 0.869 bits per heavy atom. The van der Waals surface area contributed by atoms with E-state index < -0.39 is 0 Å². The van der Waals surface area contributed by atoms with Gasteiger partial charge in [-0.1, -0.05) is 260 Å². The molecule has 0 N–H and O–H groups in total. The number of unbranched alkanes of at least 4 members (excludes halogenated alkanes) is 4. The molecule has 2 nitrogen and oxygen atoms in total. The lowest BCUT2D eigenvalue weighted by Crippen LogP contribution is -2.27. The predicted molar refractivity (Wildman–Crippen MR) is 360 cm³/mol. The molecule has 0 radical (unpaired) electrons. The second-order valence-electron chi connectivity index (χ2n) is 24.0. The lowest BCUT2D eigenvalue weighted by molar-refractivity contribution is 0.507. The number of fused-ring (bicyclic) bond motifs is 6. The average molecular weight is 1090 g/mol. The van der Waals surface area contributed by atoms with Gasteiger partial charge in [0, 0.05) is 38.9 Å². The molecule has 1 heterocycles. The van der Waals surface area contributed by atoms with Crippen LogP contribution < -0.4 is 4.90 Å². The van der Waals surface area contributed by atoms with Gasteiger partial charge in [0.15, 0.2) is 0 Å². The number of para-hydroxylation sites is 1. The number of aromatic nitrogens is 1. The van der Waals surface area contributed by atoms with Crippen LogP contribution in [0.1, 0.15) is 98.2 Å². The van der Waals surface area contributed by atoms with E-state index in [4.69, 9.17) is 0 Å². The first-order valence-electron chi connectivity index (χ1n) is 30.2. The Labute approximate surface area is 497 Å². The molecular weight excluding hydrogens is 1010 g/mol. The molecule has 2 heteroatoms. The molecule has 12 aromatic rings.